The molecule has 1 aliphatic rings. The zero-order valence-corrected chi connectivity index (χ0v) is 9.72. The molecule has 0 radical (unpaired) electrons. The van der Waals surface area contributed by atoms with Gasteiger partial charge in [0.15, 0.2) is 5.66 Å². The normalized spacial score (nSPS) is 25.6. The Labute approximate surface area is 94.8 Å². The van der Waals surface area contributed by atoms with Gasteiger partial charge in [0.25, 0.3) is 0 Å². The zero-order chi connectivity index (χ0) is 12.3. The Bertz CT molecular complexity index is 282. The number of hydrogen-bond acceptors (Lipinski definition) is 5. The number of hydrogen-bond donors (Lipinski definition) is 2. The fourth-order valence-corrected chi connectivity index (χ4v) is 2.27. The third-order valence-corrected chi connectivity index (χ3v) is 2.95. The van der Waals surface area contributed by atoms with Crippen LogP contribution in [0, 0.1) is 10.8 Å². The van der Waals surface area contributed by atoms with Crippen molar-refractivity contribution in [3.63, 3.8) is 0 Å². The topological polar surface area (TPSA) is 96.0 Å². The summed E-state index contributed by atoms with van der Waals surface area (Å²) in [7, 11) is 0. The molecule has 3 N–H and O–H groups in total. The van der Waals surface area contributed by atoms with Crippen molar-refractivity contribution in [2.24, 2.45) is 16.8 Å². The van der Waals surface area contributed by atoms with Crippen LogP contribution in [0.3, 0.4) is 0 Å². The summed E-state index contributed by atoms with van der Waals surface area (Å²) in [6, 6.07) is 0. The molecule has 6 heteroatoms. The highest BCUT2D eigenvalue weighted by atomic mass is 16.4. The van der Waals surface area contributed by atoms with Crippen LogP contribution in [-0.2, 0) is 4.79 Å². The Hall–Kier alpha value is -1.01. The van der Waals surface area contributed by atoms with Crippen molar-refractivity contribution in [2.75, 3.05) is 6.54 Å². The second-order valence-electron chi connectivity index (χ2n) is 4.75. The molecule has 1 rings (SSSR count). The lowest BCUT2D eigenvalue weighted by atomic mass is 9.96. The molecule has 0 aromatic carbocycles. The molecule has 1 aliphatic heterocycles. The molecule has 0 aromatic rings. The zero-order valence-electron chi connectivity index (χ0n) is 9.72. The number of carbonyl (C=O) groups is 1. The highest BCUT2D eigenvalue weighted by molar-refractivity contribution is 5.78. The van der Waals surface area contributed by atoms with E-state index in [1.807, 2.05) is 13.8 Å². The SMILES string of the molecule is CC(C)C[C@](N)(C(=O)O)N1CCC[C@H]1N=O. The van der Waals surface area contributed by atoms with E-state index in [-0.39, 0.29) is 5.92 Å². The van der Waals surface area contributed by atoms with Crippen LogP contribution in [0.15, 0.2) is 5.18 Å². The Balaban J connectivity index is 2.91. The molecule has 0 saturated carbocycles. The predicted octanol–water partition coefficient (Wildman–Crippen LogP) is 0.960. The van der Waals surface area contributed by atoms with E-state index in [9.17, 15) is 14.8 Å². The lowest BCUT2D eigenvalue weighted by Gasteiger charge is -2.37. The van der Waals surface area contributed by atoms with Gasteiger partial charge in [0.2, 0.25) is 0 Å². The lowest BCUT2D eigenvalue weighted by Crippen LogP contribution is -2.63. The van der Waals surface area contributed by atoms with Crippen molar-refractivity contribution < 1.29 is 9.90 Å². The van der Waals surface area contributed by atoms with Gasteiger partial charge in [0, 0.05) is 6.54 Å². The average Bonchev–Trinajstić information content (AvgIpc) is 2.64. The van der Waals surface area contributed by atoms with E-state index >= 15 is 0 Å². The van der Waals surface area contributed by atoms with Crippen LogP contribution in [0.1, 0.15) is 33.1 Å². The first-order valence-electron chi connectivity index (χ1n) is 5.53. The Morgan fingerprint density at radius 1 is 1.69 bits per heavy atom. The monoisotopic (exact) mass is 229 g/mol. The largest absolute Gasteiger partial charge is 0.479 e. The van der Waals surface area contributed by atoms with Crippen LogP contribution in [0.2, 0.25) is 0 Å². The average molecular weight is 229 g/mol. The van der Waals surface area contributed by atoms with E-state index in [4.69, 9.17) is 5.73 Å². The van der Waals surface area contributed by atoms with Gasteiger partial charge in [-0.1, -0.05) is 19.0 Å². The molecule has 0 unspecified atom stereocenters. The van der Waals surface area contributed by atoms with Crippen molar-refractivity contribution in [1.29, 1.82) is 0 Å². The molecule has 0 aliphatic carbocycles. The van der Waals surface area contributed by atoms with Gasteiger partial charge < -0.3 is 10.8 Å². The number of rotatable bonds is 5. The molecule has 0 aromatic heterocycles. The van der Waals surface area contributed by atoms with E-state index in [1.54, 1.807) is 0 Å². The number of nitroso groups, excluding NO2 is 1. The first-order valence-corrected chi connectivity index (χ1v) is 5.53. The Morgan fingerprint density at radius 2 is 2.31 bits per heavy atom. The quantitative estimate of drug-likeness (QED) is 0.684. The number of likely N-dealkylation sites (tertiary alicyclic amines) is 1. The van der Waals surface area contributed by atoms with Gasteiger partial charge >= 0.3 is 5.97 Å². The van der Waals surface area contributed by atoms with E-state index in [0.717, 1.165) is 6.42 Å². The van der Waals surface area contributed by atoms with Gasteiger partial charge in [0.05, 0.1) is 0 Å². The number of aliphatic carboxylic acids is 1. The third kappa shape index (κ3) is 2.38. The highest BCUT2D eigenvalue weighted by Crippen LogP contribution is 2.29. The fraction of sp³-hybridized carbons (Fsp3) is 0.900. The number of nitrogens with two attached hydrogens (primary N) is 1. The van der Waals surface area contributed by atoms with Crippen molar-refractivity contribution in [1.82, 2.24) is 4.90 Å². The molecule has 1 fully saturated rings. The number of carboxylic acids is 1. The minimum absolute atomic E-state index is 0.147. The maximum Gasteiger partial charge on any atom is 0.339 e. The first-order chi connectivity index (χ1) is 7.41. The predicted molar refractivity (Wildman–Crippen MR) is 59.5 cm³/mol. The minimum Gasteiger partial charge on any atom is -0.479 e. The fourth-order valence-electron chi connectivity index (χ4n) is 2.27. The smallest absolute Gasteiger partial charge is 0.339 e. The summed E-state index contributed by atoms with van der Waals surface area (Å²) in [6.45, 7) is 4.33. The number of carboxylic acid groups (broad SMARTS) is 1. The molecule has 1 heterocycles. The Kier molecular flexibility index (Phi) is 3.98. The van der Waals surface area contributed by atoms with Gasteiger partial charge in [-0.05, 0) is 25.2 Å². The van der Waals surface area contributed by atoms with Gasteiger partial charge in [-0.2, -0.15) is 0 Å². The van der Waals surface area contributed by atoms with Crippen LogP contribution < -0.4 is 5.73 Å². The molecule has 6 nitrogen and oxygen atoms in total. The molecular formula is C10H19N3O3. The lowest BCUT2D eigenvalue weighted by molar-refractivity contribution is -0.153. The highest BCUT2D eigenvalue weighted by Gasteiger charge is 2.46. The molecule has 2 atom stereocenters. The minimum atomic E-state index is -1.47. The van der Waals surface area contributed by atoms with Crippen LogP contribution in [0.4, 0.5) is 0 Å². The van der Waals surface area contributed by atoms with Gasteiger partial charge in [-0.15, -0.1) is 4.91 Å². The summed E-state index contributed by atoms with van der Waals surface area (Å²) >= 11 is 0. The summed E-state index contributed by atoms with van der Waals surface area (Å²) in [5.41, 5.74) is 4.47. The van der Waals surface area contributed by atoms with E-state index in [0.29, 0.717) is 19.4 Å². The summed E-state index contributed by atoms with van der Waals surface area (Å²) in [5, 5.41) is 12.2. The van der Waals surface area contributed by atoms with Crippen molar-refractivity contribution in [2.45, 2.75) is 44.9 Å². The van der Waals surface area contributed by atoms with Gasteiger partial charge in [-0.25, -0.2) is 4.79 Å². The van der Waals surface area contributed by atoms with Crippen molar-refractivity contribution in [3.05, 3.63) is 4.91 Å². The van der Waals surface area contributed by atoms with Crippen molar-refractivity contribution in [3.8, 4) is 0 Å². The third-order valence-electron chi connectivity index (χ3n) is 2.95. The summed E-state index contributed by atoms with van der Waals surface area (Å²) < 4.78 is 0. The van der Waals surface area contributed by atoms with Gasteiger partial charge in [0.1, 0.15) is 6.17 Å². The van der Waals surface area contributed by atoms with Gasteiger partial charge in [-0.3, -0.25) is 4.90 Å². The second kappa shape index (κ2) is 4.88. The van der Waals surface area contributed by atoms with Crippen LogP contribution in [0.5, 0.6) is 0 Å². The molecule has 92 valence electrons. The summed E-state index contributed by atoms with van der Waals surface area (Å²) in [4.78, 5) is 23.4. The maximum absolute atomic E-state index is 11.3. The van der Waals surface area contributed by atoms with Crippen molar-refractivity contribution >= 4 is 5.97 Å². The van der Waals surface area contributed by atoms with E-state index < -0.39 is 17.8 Å². The van der Waals surface area contributed by atoms with Crippen LogP contribution >= 0.6 is 0 Å². The molecule has 0 spiro atoms. The first kappa shape index (κ1) is 13.1. The molecular weight excluding hydrogens is 210 g/mol. The van der Waals surface area contributed by atoms with E-state index in [2.05, 4.69) is 5.18 Å². The second-order valence-corrected chi connectivity index (χ2v) is 4.75. The maximum atomic E-state index is 11.3. The van der Waals surface area contributed by atoms with Crippen LogP contribution in [-0.4, -0.2) is 34.3 Å². The van der Waals surface area contributed by atoms with E-state index in [1.165, 1.54) is 4.90 Å². The standard InChI is InChI=1S/C10H19N3O3/c1-7(2)6-10(11,9(14)15)13-5-3-4-8(13)12-16/h7-8H,3-6,11H2,1-2H3,(H,14,15)/t8-,10+/m0/s1. The Morgan fingerprint density at radius 3 is 2.75 bits per heavy atom. The molecule has 16 heavy (non-hydrogen) atoms. The molecule has 0 bridgehead atoms. The summed E-state index contributed by atoms with van der Waals surface area (Å²) in [6.07, 6.45) is 1.07. The summed E-state index contributed by atoms with van der Waals surface area (Å²) in [5.74, 6) is -0.939. The number of nitrogens with zero attached hydrogens (tertiary/aromatic N) is 2. The molecule has 0 amide bonds. The molecule has 1 saturated heterocycles. The van der Waals surface area contributed by atoms with Crippen LogP contribution in [0.25, 0.3) is 0 Å².